The first-order valence-corrected chi connectivity index (χ1v) is 6.11. The second kappa shape index (κ2) is 5.25. The Labute approximate surface area is 96.9 Å². The van der Waals surface area contributed by atoms with Gasteiger partial charge in [-0.05, 0) is 19.3 Å². The van der Waals surface area contributed by atoms with Crippen molar-refractivity contribution in [2.24, 2.45) is 5.73 Å². The van der Waals surface area contributed by atoms with E-state index >= 15 is 0 Å². The maximum absolute atomic E-state index is 5.97. The van der Waals surface area contributed by atoms with Gasteiger partial charge in [-0.15, -0.1) is 0 Å². The molecule has 2 heterocycles. The summed E-state index contributed by atoms with van der Waals surface area (Å²) >= 11 is 0. The summed E-state index contributed by atoms with van der Waals surface area (Å²) in [5.41, 5.74) is 7.11. The summed E-state index contributed by atoms with van der Waals surface area (Å²) in [7, 11) is 0. The molecule has 1 aromatic heterocycles. The largest absolute Gasteiger partial charge is 0.355 e. The standard InChI is InChI=1S/C12H20N4/c1-2-4-11-7-12(15-9-14-11)16-6-3-5-10(13)8-16/h7,9-10H,2-6,8,13H2,1H3. The van der Waals surface area contributed by atoms with Crippen LogP contribution in [0.4, 0.5) is 5.82 Å². The summed E-state index contributed by atoms with van der Waals surface area (Å²) < 4.78 is 0. The van der Waals surface area contributed by atoms with Gasteiger partial charge in [0, 0.05) is 30.9 Å². The Morgan fingerprint density at radius 2 is 2.38 bits per heavy atom. The zero-order valence-corrected chi connectivity index (χ0v) is 9.89. The average molecular weight is 220 g/mol. The molecule has 16 heavy (non-hydrogen) atoms. The number of nitrogens with zero attached hydrogens (tertiary/aromatic N) is 3. The first-order chi connectivity index (χ1) is 7.79. The molecular weight excluding hydrogens is 200 g/mol. The van der Waals surface area contributed by atoms with Crippen molar-refractivity contribution in [2.45, 2.75) is 38.6 Å². The van der Waals surface area contributed by atoms with Crippen LogP contribution in [0.25, 0.3) is 0 Å². The Balaban J connectivity index is 2.09. The molecule has 0 aromatic carbocycles. The summed E-state index contributed by atoms with van der Waals surface area (Å²) in [6.07, 6.45) is 6.10. The van der Waals surface area contributed by atoms with Crippen molar-refractivity contribution in [3.63, 3.8) is 0 Å². The van der Waals surface area contributed by atoms with Crippen LogP contribution in [0.3, 0.4) is 0 Å². The van der Waals surface area contributed by atoms with E-state index in [9.17, 15) is 0 Å². The fourth-order valence-corrected chi connectivity index (χ4v) is 2.17. The molecule has 4 heteroatoms. The van der Waals surface area contributed by atoms with Crippen LogP contribution in [0.5, 0.6) is 0 Å². The molecule has 0 saturated carbocycles. The average Bonchev–Trinajstić information content (AvgIpc) is 2.30. The second-order valence-corrected chi connectivity index (χ2v) is 4.47. The van der Waals surface area contributed by atoms with Gasteiger partial charge in [-0.2, -0.15) is 0 Å². The van der Waals surface area contributed by atoms with Gasteiger partial charge in [0.1, 0.15) is 12.1 Å². The van der Waals surface area contributed by atoms with E-state index in [4.69, 9.17) is 5.73 Å². The number of hydrogen-bond acceptors (Lipinski definition) is 4. The first kappa shape index (κ1) is 11.3. The molecule has 1 fully saturated rings. The van der Waals surface area contributed by atoms with Crippen LogP contribution < -0.4 is 10.6 Å². The highest BCUT2D eigenvalue weighted by Crippen LogP contribution is 2.17. The normalized spacial score (nSPS) is 21.1. The van der Waals surface area contributed by atoms with Crippen LogP contribution in [-0.2, 0) is 6.42 Å². The van der Waals surface area contributed by atoms with E-state index in [-0.39, 0.29) is 0 Å². The first-order valence-electron chi connectivity index (χ1n) is 6.11. The van der Waals surface area contributed by atoms with Crippen molar-refractivity contribution in [3.8, 4) is 0 Å². The zero-order valence-electron chi connectivity index (χ0n) is 9.89. The fourth-order valence-electron chi connectivity index (χ4n) is 2.17. The SMILES string of the molecule is CCCc1cc(N2CCCC(N)C2)ncn1. The smallest absolute Gasteiger partial charge is 0.132 e. The third kappa shape index (κ3) is 2.70. The number of rotatable bonds is 3. The van der Waals surface area contributed by atoms with Gasteiger partial charge in [0.05, 0.1) is 0 Å². The van der Waals surface area contributed by atoms with Crippen LogP contribution in [-0.4, -0.2) is 29.1 Å². The minimum absolute atomic E-state index is 0.290. The lowest BCUT2D eigenvalue weighted by Gasteiger charge is -2.31. The Hall–Kier alpha value is -1.16. The number of nitrogens with two attached hydrogens (primary N) is 1. The molecule has 1 aliphatic rings. The molecule has 4 nitrogen and oxygen atoms in total. The summed E-state index contributed by atoms with van der Waals surface area (Å²) in [5.74, 6) is 1.04. The lowest BCUT2D eigenvalue weighted by molar-refractivity contribution is 0.502. The van der Waals surface area contributed by atoms with Crippen molar-refractivity contribution in [1.29, 1.82) is 0 Å². The summed E-state index contributed by atoms with van der Waals surface area (Å²) in [5, 5.41) is 0. The molecule has 0 bridgehead atoms. The maximum Gasteiger partial charge on any atom is 0.132 e. The van der Waals surface area contributed by atoms with E-state index in [2.05, 4.69) is 27.9 Å². The van der Waals surface area contributed by atoms with E-state index in [1.165, 1.54) is 0 Å². The Morgan fingerprint density at radius 1 is 1.50 bits per heavy atom. The van der Waals surface area contributed by atoms with E-state index < -0.39 is 0 Å². The van der Waals surface area contributed by atoms with Crippen molar-refractivity contribution in [1.82, 2.24) is 9.97 Å². The summed E-state index contributed by atoms with van der Waals surface area (Å²) in [6, 6.07) is 2.39. The van der Waals surface area contributed by atoms with Crippen LogP contribution in [0.2, 0.25) is 0 Å². The van der Waals surface area contributed by atoms with Crippen LogP contribution in [0.15, 0.2) is 12.4 Å². The minimum Gasteiger partial charge on any atom is -0.355 e. The number of aryl methyl sites for hydroxylation is 1. The van der Waals surface area contributed by atoms with Gasteiger partial charge in [-0.25, -0.2) is 9.97 Å². The summed E-state index contributed by atoms with van der Waals surface area (Å²) in [4.78, 5) is 10.9. The molecule has 0 spiro atoms. The molecule has 0 aliphatic carbocycles. The van der Waals surface area contributed by atoms with Gasteiger partial charge in [0.15, 0.2) is 0 Å². The van der Waals surface area contributed by atoms with Gasteiger partial charge in [0.2, 0.25) is 0 Å². The van der Waals surface area contributed by atoms with E-state index in [1.807, 2.05) is 0 Å². The molecule has 1 unspecified atom stereocenters. The van der Waals surface area contributed by atoms with Crippen molar-refractivity contribution in [2.75, 3.05) is 18.0 Å². The molecule has 1 atom stereocenters. The monoisotopic (exact) mass is 220 g/mol. The van der Waals surface area contributed by atoms with Crippen molar-refractivity contribution in [3.05, 3.63) is 18.1 Å². The predicted molar refractivity (Wildman–Crippen MR) is 65.4 cm³/mol. The van der Waals surface area contributed by atoms with Gasteiger partial charge in [0.25, 0.3) is 0 Å². The maximum atomic E-state index is 5.97. The Bertz CT molecular complexity index is 340. The minimum atomic E-state index is 0.290. The Kier molecular flexibility index (Phi) is 3.72. The molecule has 2 N–H and O–H groups in total. The van der Waals surface area contributed by atoms with Crippen LogP contribution in [0, 0.1) is 0 Å². The van der Waals surface area contributed by atoms with Crippen LogP contribution >= 0.6 is 0 Å². The van der Waals surface area contributed by atoms with Gasteiger partial charge < -0.3 is 10.6 Å². The van der Waals surface area contributed by atoms with E-state index in [0.717, 1.165) is 50.3 Å². The third-order valence-corrected chi connectivity index (χ3v) is 3.00. The molecule has 0 radical (unpaired) electrons. The Morgan fingerprint density at radius 3 is 3.12 bits per heavy atom. The zero-order chi connectivity index (χ0) is 11.4. The highest BCUT2D eigenvalue weighted by atomic mass is 15.2. The summed E-state index contributed by atoms with van der Waals surface area (Å²) in [6.45, 7) is 4.15. The highest BCUT2D eigenvalue weighted by molar-refractivity contribution is 5.39. The third-order valence-electron chi connectivity index (χ3n) is 3.00. The number of hydrogen-bond donors (Lipinski definition) is 1. The molecule has 2 rings (SSSR count). The predicted octanol–water partition coefficient (Wildman–Crippen LogP) is 1.36. The topological polar surface area (TPSA) is 55.0 Å². The molecule has 88 valence electrons. The molecular formula is C12H20N4. The lowest BCUT2D eigenvalue weighted by atomic mass is 10.1. The van der Waals surface area contributed by atoms with Gasteiger partial charge in [-0.1, -0.05) is 13.3 Å². The van der Waals surface area contributed by atoms with Crippen molar-refractivity contribution < 1.29 is 0 Å². The highest BCUT2D eigenvalue weighted by Gasteiger charge is 2.17. The lowest BCUT2D eigenvalue weighted by Crippen LogP contribution is -2.43. The van der Waals surface area contributed by atoms with Gasteiger partial charge in [-0.3, -0.25) is 0 Å². The molecule has 1 saturated heterocycles. The number of anilines is 1. The number of piperidine rings is 1. The fraction of sp³-hybridized carbons (Fsp3) is 0.667. The van der Waals surface area contributed by atoms with E-state index in [1.54, 1.807) is 6.33 Å². The van der Waals surface area contributed by atoms with Gasteiger partial charge >= 0.3 is 0 Å². The van der Waals surface area contributed by atoms with Crippen LogP contribution in [0.1, 0.15) is 31.9 Å². The quantitative estimate of drug-likeness (QED) is 0.835. The molecule has 1 aliphatic heterocycles. The molecule has 0 amide bonds. The molecule has 1 aromatic rings. The number of aromatic nitrogens is 2. The van der Waals surface area contributed by atoms with E-state index in [0.29, 0.717) is 6.04 Å². The van der Waals surface area contributed by atoms with Crippen molar-refractivity contribution >= 4 is 5.82 Å². The second-order valence-electron chi connectivity index (χ2n) is 4.47.